The third-order valence-corrected chi connectivity index (χ3v) is 2.46. The lowest BCUT2D eigenvalue weighted by Gasteiger charge is -2.11. The third-order valence-electron chi connectivity index (χ3n) is 2.46. The minimum Gasteiger partial charge on any atom is -0.497 e. The van der Waals surface area contributed by atoms with Crippen LogP contribution in [0, 0.1) is 0 Å². The lowest BCUT2D eigenvalue weighted by atomic mass is 10.1. The number of allylic oxidation sites excluding steroid dienone is 1. The summed E-state index contributed by atoms with van der Waals surface area (Å²) in [6.07, 6.45) is 2.91. The molecule has 1 aromatic carbocycles. The first-order chi connectivity index (χ1) is 7.83. The minimum atomic E-state index is 0.277. The van der Waals surface area contributed by atoms with Crippen molar-refractivity contribution in [3.05, 3.63) is 36.4 Å². The Hall–Kier alpha value is -1.48. The van der Waals surface area contributed by atoms with Gasteiger partial charge in [0.25, 0.3) is 0 Å². The van der Waals surface area contributed by atoms with Crippen LogP contribution in [0.25, 0.3) is 0 Å². The summed E-state index contributed by atoms with van der Waals surface area (Å²) in [4.78, 5) is 0. The highest BCUT2D eigenvalue weighted by Gasteiger charge is 2.23. The van der Waals surface area contributed by atoms with Crippen LogP contribution in [-0.2, 0) is 11.2 Å². The SMILES string of the molecule is C=CCc1cc(OC)ccc1OCC1CO1. The summed E-state index contributed by atoms with van der Waals surface area (Å²) in [7, 11) is 1.66. The molecule has 1 atom stereocenters. The first kappa shape index (κ1) is 11.0. The van der Waals surface area contributed by atoms with Gasteiger partial charge >= 0.3 is 0 Å². The summed E-state index contributed by atoms with van der Waals surface area (Å²) in [6, 6.07) is 5.81. The van der Waals surface area contributed by atoms with Crippen molar-refractivity contribution in [2.75, 3.05) is 20.3 Å². The average Bonchev–Trinajstić information content (AvgIpc) is 3.11. The van der Waals surface area contributed by atoms with E-state index in [0.29, 0.717) is 6.61 Å². The van der Waals surface area contributed by atoms with Crippen LogP contribution >= 0.6 is 0 Å². The van der Waals surface area contributed by atoms with Gasteiger partial charge in [-0.15, -0.1) is 6.58 Å². The van der Waals surface area contributed by atoms with E-state index in [1.165, 1.54) is 0 Å². The van der Waals surface area contributed by atoms with Crippen molar-refractivity contribution in [2.24, 2.45) is 0 Å². The fraction of sp³-hybridized carbons (Fsp3) is 0.385. The maximum atomic E-state index is 5.68. The molecule has 3 heteroatoms. The smallest absolute Gasteiger partial charge is 0.123 e. The molecule has 86 valence electrons. The van der Waals surface area contributed by atoms with E-state index in [9.17, 15) is 0 Å². The Bertz CT molecular complexity index is 369. The van der Waals surface area contributed by atoms with Crippen molar-refractivity contribution in [3.8, 4) is 11.5 Å². The van der Waals surface area contributed by atoms with Crippen LogP contribution in [0.15, 0.2) is 30.9 Å². The molecule has 0 radical (unpaired) electrons. The molecule has 2 rings (SSSR count). The lowest BCUT2D eigenvalue weighted by Crippen LogP contribution is -2.05. The van der Waals surface area contributed by atoms with Gasteiger partial charge in [-0.25, -0.2) is 0 Å². The molecule has 0 bridgehead atoms. The predicted molar refractivity (Wildman–Crippen MR) is 62.1 cm³/mol. The van der Waals surface area contributed by atoms with Gasteiger partial charge in [0.1, 0.15) is 24.2 Å². The Morgan fingerprint density at radius 2 is 2.38 bits per heavy atom. The van der Waals surface area contributed by atoms with E-state index in [2.05, 4.69) is 6.58 Å². The zero-order valence-corrected chi connectivity index (χ0v) is 9.44. The second-order valence-electron chi connectivity index (χ2n) is 3.73. The Morgan fingerprint density at radius 1 is 1.56 bits per heavy atom. The minimum absolute atomic E-state index is 0.277. The molecule has 1 unspecified atom stereocenters. The molecule has 0 N–H and O–H groups in total. The molecular formula is C13H16O3. The number of methoxy groups -OCH3 is 1. The molecule has 1 saturated heterocycles. The quantitative estimate of drug-likeness (QED) is 0.544. The van der Waals surface area contributed by atoms with Crippen molar-refractivity contribution >= 4 is 0 Å². The van der Waals surface area contributed by atoms with Gasteiger partial charge in [-0.05, 0) is 24.6 Å². The van der Waals surface area contributed by atoms with E-state index >= 15 is 0 Å². The Labute approximate surface area is 95.6 Å². The second kappa shape index (κ2) is 5.03. The molecule has 16 heavy (non-hydrogen) atoms. The number of rotatable bonds is 6. The molecule has 0 aliphatic carbocycles. The van der Waals surface area contributed by atoms with Gasteiger partial charge in [-0.1, -0.05) is 6.08 Å². The highest BCUT2D eigenvalue weighted by molar-refractivity contribution is 5.41. The van der Waals surface area contributed by atoms with Gasteiger partial charge in [-0.3, -0.25) is 0 Å². The van der Waals surface area contributed by atoms with Crippen LogP contribution in [0.3, 0.4) is 0 Å². The van der Waals surface area contributed by atoms with Gasteiger partial charge in [0.15, 0.2) is 0 Å². The Morgan fingerprint density at radius 3 is 3.00 bits per heavy atom. The van der Waals surface area contributed by atoms with Crippen molar-refractivity contribution in [1.29, 1.82) is 0 Å². The Balaban J connectivity index is 2.09. The van der Waals surface area contributed by atoms with Crippen LogP contribution in [0.2, 0.25) is 0 Å². The summed E-state index contributed by atoms with van der Waals surface area (Å²) in [5.41, 5.74) is 1.09. The summed E-state index contributed by atoms with van der Waals surface area (Å²) in [6.45, 7) is 5.17. The van der Waals surface area contributed by atoms with Gasteiger partial charge in [0, 0.05) is 5.56 Å². The van der Waals surface area contributed by atoms with E-state index in [1.54, 1.807) is 7.11 Å². The predicted octanol–water partition coefficient (Wildman–Crippen LogP) is 2.20. The molecule has 1 aliphatic rings. The first-order valence-electron chi connectivity index (χ1n) is 5.35. The fourth-order valence-electron chi connectivity index (χ4n) is 1.49. The molecule has 0 amide bonds. The van der Waals surface area contributed by atoms with Gasteiger partial charge < -0.3 is 14.2 Å². The zero-order valence-electron chi connectivity index (χ0n) is 9.44. The third kappa shape index (κ3) is 2.76. The van der Waals surface area contributed by atoms with Crippen LogP contribution < -0.4 is 9.47 Å². The maximum Gasteiger partial charge on any atom is 0.123 e. The van der Waals surface area contributed by atoms with Crippen LogP contribution in [-0.4, -0.2) is 26.4 Å². The highest BCUT2D eigenvalue weighted by Crippen LogP contribution is 2.25. The van der Waals surface area contributed by atoms with E-state index in [0.717, 1.165) is 30.1 Å². The molecule has 0 spiro atoms. The van der Waals surface area contributed by atoms with E-state index in [4.69, 9.17) is 14.2 Å². The fourth-order valence-corrected chi connectivity index (χ4v) is 1.49. The highest BCUT2D eigenvalue weighted by atomic mass is 16.6. The molecule has 1 aromatic rings. The monoisotopic (exact) mass is 220 g/mol. The van der Waals surface area contributed by atoms with Crippen molar-refractivity contribution in [1.82, 2.24) is 0 Å². The molecule has 1 heterocycles. The number of hydrogen-bond acceptors (Lipinski definition) is 3. The van der Waals surface area contributed by atoms with E-state index in [-0.39, 0.29) is 6.10 Å². The molecule has 0 saturated carbocycles. The zero-order chi connectivity index (χ0) is 11.4. The number of ether oxygens (including phenoxy) is 3. The van der Waals surface area contributed by atoms with E-state index < -0.39 is 0 Å². The molecule has 1 aliphatic heterocycles. The van der Waals surface area contributed by atoms with Crippen LogP contribution in [0.4, 0.5) is 0 Å². The molecule has 0 aromatic heterocycles. The summed E-state index contributed by atoms with van der Waals surface area (Å²) < 4.78 is 16.0. The van der Waals surface area contributed by atoms with Crippen molar-refractivity contribution in [3.63, 3.8) is 0 Å². The largest absolute Gasteiger partial charge is 0.497 e. The topological polar surface area (TPSA) is 31.0 Å². The van der Waals surface area contributed by atoms with Gasteiger partial charge in [0.05, 0.1) is 13.7 Å². The average molecular weight is 220 g/mol. The number of benzene rings is 1. The van der Waals surface area contributed by atoms with Crippen molar-refractivity contribution in [2.45, 2.75) is 12.5 Å². The molecular weight excluding hydrogens is 204 g/mol. The summed E-state index contributed by atoms with van der Waals surface area (Å²) in [5, 5.41) is 0. The van der Waals surface area contributed by atoms with Gasteiger partial charge in [0.2, 0.25) is 0 Å². The molecule has 3 nitrogen and oxygen atoms in total. The van der Waals surface area contributed by atoms with Gasteiger partial charge in [-0.2, -0.15) is 0 Å². The van der Waals surface area contributed by atoms with E-state index in [1.807, 2.05) is 24.3 Å². The normalized spacial score (nSPS) is 17.9. The number of epoxide rings is 1. The summed E-state index contributed by atoms with van der Waals surface area (Å²) in [5.74, 6) is 1.73. The maximum absolute atomic E-state index is 5.68. The standard InChI is InChI=1S/C13H16O3/c1-3-4-10-7-11(14-2)5-6-13(10)16-9-12-8-15-12/h3,5-7,12H,1,4,8-9H2,2H3. The first-order valence-corrected chi connectivity index (χ1v) is 5.35. The number of hydrogen-bond donors (Lipinski definition) is 0. The lowest BCUT2D eigenvalue weighted by molar-refractivity contribution is 0.261. The molecule has 1 fully saturated rings. The van der Waals surface area contributed by atoms with Crippen LogP contribution in [0.5, 0.6) is 11.5 Å². The van der Waals surface area contributed by atoms with Crippen molar-refractivity contribution < 1.29 is 14.2 Å². The Kier molecular flexibility index (Phi) is 3.47. The van der Waals surface area contributed by atoms with Crippen LogP contribution in [0.1, 0.15) is 5.56 Å². The second-order valence-corrected chi connectivity index (χ2v) is 3.73. The summed E-state index contributed by atoms with van der Waals surface area (Å²) >= 11 is 0.